The molecule has 7 heteroatoms. The lowest BCUT2D eigenvalue weighted by Crippen LogP contribution is -2.43. The maximum absolute atomic E-state index is 13.3. The first-order chi connectivity index (χ1) is 14.2. The van der Waals surface area contributed by atoms with Crippen molar-refractivity contribution in [2.75, 3.05) is 4.90 Å². The summed E-state index contributed by atoms with van der Waals surface area (Å²) in [6.45, 7) is 4.05. The van der Waals surface area contributed by atoms with Gasteiger partial charge < -0.3 is 0 Å². The maximum Gasteiger partial charge on any atom is 0.269 e. The van der Waals surface area contributed by atoms with Crippen molar-refractivity contribution in [3.8, 4) is 0 Å². The maximum atomic E-state index is 13.3. The van der Waals surface area contributed by atoms with Crippen LogP contribution in [0.2, 0.25) is 0 Å². The van der Waals surface area contributed by atoms with Crippen LogP contribution in [0.15, 0.2) is 64.3 Å². The molecule has 6 nitrogen and oxygen atoms in total. The molecule has 1 aliphatic carbocycles. The van der Waals surface area contributed by atoms with Crippen LogP contribution in [0.4, 0.5) is 11.4 Å². The lowest BCUT2D eigenvalue weighted by atomic mass is 9.69. The number of ketones is 1. The van der Waals surface area contributed by atoms with E-state index < -0.39 is 4.92 Å². The first-order valence-electron chi connectivity index (χ1n) is 9.75. The van der Waals surface area contributed by atoms with Crippen molar-refractivity contribution in [1.29, 1.82) is 0 Å². The number of allylic oxidation sites excluding steroid dienone is 2. The van der Waals surface area contributed by atoms with Gasteiger partial charge in [-0.1, -0.05) is 41.9 Å². The fourth-order valence-electron chi connectivity index (χ4n) is 4.42. The molecule has 1 amide bonds. The SMILES string of the molecule is CC1(C)CC(=O)C2=C(C1)N(c1ccc([N+](=O)[O-])cc1)C(=O)CC2c1ccc(Br)cc1. The van der Waals surface area contributed by atoms with E-state index in [1.807, 2.05) is 38.1 Å². The van der Waals surface area contributed by atoms with Gasteiger partial charge in [-0.3, -0.25) is 24.6 Å². The highest BCUT2D eigenvalue weighted by molar-refractivity contribution is 9.10. The normalized spacial score (nSPS) is 20.9. The van der Waals surface area contributed by atoms with Crippen LogP contribution in [-0.4, -0.2) is 16.6 Å². The van der Waals surface area contributed by atoms with Crippen LogP contribution in [0.5, 0.6) is 0 Å². The third-order valence-electron chi connectivity index (χ3n) is 5.73. The van der Waals surface area contributed by atoms with E-state index in [1.54, 1.807) is 17.0 Å². The van der Waals surface area contributed by atoms with Crippen LogP contribution in [-0.2, 0) is 9.59 Å². The first-order valence-corrected chi connectivity index (χ1v) is 10.5. The minimum absolute atomic E-state index is 0.0369. The molecule has 1 aliphatic heterocycles. The number of halogens is 1. The van der Waals surface area contributed by atoms with E-state index >= 15 is 0 Å². The van der Waals surface area contributed by atoms with Crippen molar-refractivity contribution in [1.82, 2.24) is 0 Å². The lowest BCUT2D eigenvalue weighted by molar-refractivity contribution is -0.384. The van der Waals surface area contributed by atoms with Crippen molar-refractivity contribution in [2.24, 2.45) is 5.41 Å². The van der Waals surface area contributed by atoms with Gasteiger partial charge >= 0.3 is 0 Å². The van der Waals surface area contributed by atoms with Crippen molar-refractivity contribution in [2.45, 2.75) is 39.0 Å². The molecule has 2 aliphatic rings. The molecule has 0 radical (unpaired) electrons. The fraction of sp³-hybridized carbons (Fsp3) is 0.304. The van der Waals surface area contributed by atoms with Gasteiger partial charge in [-0.15, -0.1) is 0 Å². The zero-order chi connectivity index (χ0) is 21.6. The second-order valence-corrected chi connectivity index (χ2v) is 9.53. The number of rotatable bonds is 3. The zero-order valence-electron chi connectivity index (χ0n) is 16.7. The van der Waals surface area contributed by atoms with Gasteiger partial charge in [0, 0.05) is 52.3 Å². The number of carbonyl (C=O) groups is 2. The van der Waals surface area contributed by atoms with E-state index in [2.05, 4.69) is 15.9 Å². The Bertz CT molecular complexity index is 1070. The molecule has 154 valence electrons. The summed E-state index contributed by atoms with van der Waals surface area (Å²) in [5, 5.41) is 11.0. The minimum Gasteiger partial charge on any atom is -0.294 e. The molecular weight excluding hydrogens is 448 g/mol. The second kappa shape index (κ2) is 7.47. The molecule has 0 spiro atoms. The van der Waals surface area contributed by atoms with Gasteiger partial charge in [-0.25, -0.2) is 0 Å². The molecule has 1 atom stereocenters. The van der Waals surface area contributed by atoms with Crippen molar-refractivity contribution < 1.29 is 14.5 Å². The Balaban J connectivity index is 1.85. The smallest absolute Gasteiger partial charge is 0.269 e. The first kappa shape index (κ1) is 20.5. The number of benzene rings is 2. The van der Waals surface area contributed by atoms with Gasteiger partial charge in [0.05, 0.1) is 4.92 Å². The summed E-state index contributed by atoms with van der Waals surface area (Å²) in [4.78, 5) is 38.6. The molecule has 0 saturated heterocycles. The summed E-state index contributed by atoms with van der Waals surface area (Å²) < 4.78 is 0.936. The van der Waals surface area contributed by atoms with Crippen LogP contribution >= 0.6 is 15.9 Å². The number of carbonyl (C=O) groups excluding carboxylic acids is 2. The number of anilines is 1. The predicted octanol–water partition coefficient (Wildman–Crippen LogP) is 5.52. The van der Waals surface area contributed by atoms with E-state index in [1.165, 1.54) is 12.1 Å². The number of non-ortho nitro benzene ring substituents is 1. The molecule has 0 bridgehead atoms. The summed E-state index contributed by atoms with van der Waals surface area (Å²) in [6, 6.07) is 13.7. The lowest BCUT2D eigenvalue weighted by Gasteiger charge is -2.43. The highest BCUT2D eigenvalue weighted by Gasteiger charge is 2.44. The Morgan fingerprint density at radius 1 is 1.03 bits per heavy atom. The highest BCUT2D eigenvalue weighted by Crippen LogP contribution is 2.48. The van der Waals surface area contributed by atoms with Crippen LogP contribution in [0.25, 0.3) is 0 Å². The number of nitro groups is 1. The molecular formula is C23H21BrN2O4. The summed E-state index contributed by atoms with van der Waals surface area (Å²) in [6.07, 6.45) is 1.20. The molecule has 2 aromatic carbocycles. The molecule has 4 rings (SSSR count). The van der Waals surface area contributed by atoms with Crippen molar-refractivity contribution in [3.63, 3.8) is 0 Å². The van der Waals surface area contributed by atoms with Gasteiger partial charge in [0.1, 0.15) is 0 Å². The quantitative estimate of drug-likeness (QED) is 0.438. The Morgan fingerprint density at radius 2 is 1.67 bits per heavy atom. The Labute approximate surface area is 182 Å². The average Bonchev–Trinajstić information content (AvgIpc) is 2.67. The molecule has 0 saturated carbocycles. The summed E-state index contributed by atoms with van der Waals surface area (Å²) in [5.74, 6) is -0.326. The average molecular weight is 469 g/mol. The van der Waals surface area contributed by atoms with Crippen LogP contribution in [0.3, 0.4) is 0 Å². The Hall–Kier alpha value is -2.80. The van der Waals surface area contributed by atoms with Crippen molar-refractivity contribution >= 4 is 39.0 Å². The number of nitrogens with zero attached hydrogens (tertiary/aromatic N) is 2. The van der Waals surface area contributed by atoms with Crippen LogP contribution < -0.4 is 4.90 Å². The van der Waals surface area contributed by atoms with Gasteiger partial charge in [0.25, 0.3) is 5.69 Å². The van der Waals surface area contributed by atoms with E-state index in [-0.39, 0.29) is 35.1 Å². The minimum atomic E-state index is -0.469. The Morgan fingerprint density at radius 3 is 2.27 bits per heavy atom. The predicted molar refractivity (Wildman–Crippen MR) is 117 cm³/mol. The molecule has 1 heterocycles. The van der Waals surface area contributed by atoms with E-state index in [0.717, 1.165) is 10.0 Å². The van der Waals surface area contributed by atoms with Crippen LogP contribution in [0.1, 0.15) is 44.6 Å². The largest absolute Gasteiger partial charge is 0.294 e. The summed E-state index contributed by atoms with van der Waals surface area (Å²) in [7, 11) is 0. The van der Waals surface area contributed by atoms with E-state index in [0.29, 0.717) is 29.8 Å². The number of nitro benzene ring substituents is 1. The fourth-order valence-corrected chi connectivity index (χ4v) is 4.68. The van der Waals surface area contributed by atoms with Gasteiger partial charge in [-0.05, 0) is 41.7 Å². The van der Waals surface area contributed by atoms with E-state index in [4.69, 9.17) is 0 Å². The number of hydrogen-bond donors (Lipinski definition) is 0. The summed E-state index contributed by atoms with van der Waals surface area (Å²) in [5.41, 5.74) is 2.60. The zero-order valence-corrected chi connectivity index (χ0v) is 18.3. The Kier molecular flexibility index (Phi) is 5.10. The van der Waals surface area contributed by atoms with Gasteiger partial charge in [0.2, 0.25) is 5.91 Å². The third-order valence-corrected chi connectivity index (χ3v) is 6.26. The highest BCUT2D eigenvalue weighted by atomic mass is 79.9. The van der Waals surface area contributed by atoms with Gasteiger partial charge in [0.15, 0.2) is 5.78 Å². The molecule has 30 heavy (non-hydrogen) atoms. The molecule has 0 aromatic heterocycles. The van der Waals surface area contributed by atoms with Crippen LogP contribution in [0, 0.1) is 15.5 Å². The number of hydrogen-bond acceptors (Lipinski definition) is 4. The molecule has 0 N–H and O–H groups in total. The molecule has 2 aromatic rings. The van der Waals surface area contributed by atoms with Crippen molar-refractivity contribution in [3.05, 3.63) is 80.0 Å². The van der Waals surface area contributed by atoms with Gasteiger partial charge in [-0.2, -0.15) is 0 Å². The second-order valence-electron chi connectivity index (χ2n) is 8.61. The van der Waals surface area contributed by atoms with E-state index in [9.17, 15) is 19.7 Å². The standard InChI is InChI=1S/C23H21BrN2O4/c1-23(2)12-19-22(20(27)13-23)18(14-3-5-15(24)6-4-14)11-21(28)25(19)16-7-9-17(10-8-16)26(29)30/h3-10,18H,11-13H2,1-2H3. The third kappa shape index (κ3) is 3.69. The molecule has 0 fully saturated rings. The summed E-state index contributed by atoms with van der Waals surface area (Å²) >= 11 is 3.43. The number of amides is 1. The molecule has 1 unspecified atom stereocenters. The number of Topliss-reactive ketones (excluding diaryl/α,β-unsaturated/α-hetero) is 1. The monoisotopic (exact) mass is 468 g/mol. The topological polar surface area (TPSA) is 80.5 Å².